The van der Waals surface area contributed by atoms with E-state index in [0.29, 0.717) is 0 Å². The summed E-state index contributed by atoms with van der Waals surface area (Å²) < 4.78 is 0. The summed E-state index contributed by atoms with van der Waals surface area (Å²) in [6, 6.07) is -1.73. The molecule has 122 valence electrons. The molecule has 0 heterocycles. The predicted octanol–water partition coefficient (Wildman–Crippen LogP) is -5.13. The van der Waals surface area contributed by atoms with Gasteiger partial charge in [0.2, 0.25) is 5.91 Å². The van der Waals surface area contributed by atoms with Gasteiger partial charge < -0.3 is 41.7 Å². The molecule has 11 nitrogen and oxygen atoms in total. The Hall–Kier alpha value is -1.79. The summed E-state index contributed by atoms with van der Waals surface area (Å²) in [5, 5.41) is 56.3. The quantitative estimate of drug-likeness (QED) is 0.204. The van der Waals surface area contributed by atoms with Crippen LogP contribution >= 0.6 is 0 Å². The predicted molar refractivity (Wildman–Crippen MR) is 64.5 cm³/mol. The number of amides is 2. The number of hydrogen-bond acceptors (Lipinski definition) is 8. The maximum absolute atomic E-state index is 11.5. The minimum absolute atomic E-state index is 0.744. The number of carboxylic acids is 1. The molecule has 0 aliphatic carbocycles. The Kier molecular flexibility index (Phi) is 7.76. The zero-order valence-electron chi connectivity index (χ0n) is 10.8. The summed E-state index contributed by atoms with van der Waals surface area (Å²) in [4.78, 5) is 32.9. The van der Waals surface area contributed by atoms with Gasteiger partial charge in [0.15, 0.2) is 6.10 Å². The molecular weight excluding hydrogens is 292 g/mol. The highest BCUT2D eigenvalue weighted by atomic mass is 16.4. The first-order chi connectivity index (χ1) is 9.61. The zero-order valence-corrected chi connectivity index (χ0v) is 10.8. The van der Waals surface area contributed by atoms with Gasteiger partial charge in [-0.2, -0.15) is 0 Å². The molecule has 0 rings (SSSR count). The summed E-state index contributed by atoms with van der Waals surface area (Å²) in [6.45, 7) is -0.938. The number of nitrogens with one attached hydrogen (secondary N) is 1. The van der Waals surface area contributed by atoms with Crippen molar-refractivity contribution in [3.8, 4) is 0 Å². The molecule has 0 spiro atoms. The van der Waals surface area contributed by atoms with E-state index in [-0.39, 0.29) is 0 Å². The van der Waals surface area contributed by atoms with E-state index in [1.807, 2.05) is 0 Å². The third-order valence-corrected chi connectivity index (χ3v) is 2.54. The molecular formula is C10H18N2O9. The summed E-state index contributed by atoms with van der Waals surface area (Å²) in [5.41, 5.74) is 4.78. The third-order valence-electron chi connectivity index (χ3n) is 2.54. The van der Waals surface area contributed by atoms with Crippen molar-refractivity contribution in [1.82, 2.24) is 5.32 Å². The van der Waals surface area contributed by atoms with Crippen LogP contribution in [0.2, 0.25) is 0 Å². The fourth-order valence-corrected chi connectivity index (χ4v) is 1.34. The number of rotatable bonds is 9. The monoisotopic (exact) mass is 310 g/mol. The molecule has 0 aromatic heterocycles. The number of aliphatic hydroxyl groups is 5. The van der Waals surface area contributed by atoms with Crippen LogP contribution in [-0.2, 0) is 14.4 Å². The fourth-order valence-electron chi connectivity index (χ4n) is 1.34. The molecule has 0 bridgehead atoms. The highest BCUT2D eigenvalue weighted by Crippen LogP contribution is 2.06. The van der Waals surface area contributed by atoms with Crippen molar-refractivity contribution in [2.45, 2.75) is 36.9 Å². The minimum atomic E-state index is -2.30. The van der Waals surface area contributed by atoms with Crippen LogP contribution in [0.3, 0.4) is 0 Å². The second-order valence-electron chi connectivity index (χ2n) is 4.25. The Labute approximate surface area is 118 Å². The van der Waals surface area contributed by atoms with Crippen LogP contribution in [0.4, 0.5) is 0 Å². The van der Waals surface area contributed by atoms with Crippen LogP contribution in [0.25, 0.3) is 0 Å². The third kappa shape index (κ3) is 6.01. The van der Waals surface area contributed by atoms with Crippen molar-refractivity contribution in [2.24, 2.45) is 5.73 Å². The molecule has 11 heteroatoms. The van der Waals surface area contributed by atoms with E-state index in [4.69, 9.17) is 21.1 Å². The number of aliphatic hydroxyl groups excluding tert-OH is 5. The van der Waals surface area contributed by atoms with Gasteiger partial charge in [-0.05, 0) is 0 Å². The standard InChI is InChI=1S/C10H18N2O9/c11-5(15)1-3(10(20)21)12-9(19)8(18)7(17)6(16)4(14)2-13/h3-4,6-8,13-14,16-18H,1-2H2,(H2,11,15)(H,12,19)(H,20,21)/t3-,4+,6+,7-,8+/m0/s1. The van der Waals surface area contributed by atoms with E-state index in [0.717, 1.165) is 0 Å². The number of aliphatic carboxylic acids is 1. The van der Waals surface area contributed by atoms with E-state index in [1.54, 1.807) is 5.32 Å². The van der Waals surface area contributed by atoms with Gasteiger partial charge in [-0.3, -0.25) is 9.59 Å². The topological polar surface area (TPSA) is 211 Å². The molecule has 0 radical (unpaired) electrons. The van der Waals surface area contributed by atoms with E-state index in [1.165, 1.54) is 0 Å². The van der Waals surface area contributed by atoms with E-state index in [9.17, 15) is 29.7 Å². The minimum Gasteiger partial charge on any atom is -0.480 e. The van der Waals surface area contributed by atoms with Crippen LogP contribution in [0, 0.1) is 0 Å². The smallest absolute Gasteiger partial charge is 0.326 e. The summed E-state index contributed by atoms with van der Waals surface area (Å²) >= 11 is 0. The summed E-state index contributed by atoms with van der Waals surface area (Å²) in [7, 11) is 0. The number of primary amides is 1. The molecule has 0 saturated heterocycles. The Morgan fingerprint density at radius 2 is 1.57 bits per heavy atom. The van der Waals surface area contributed by atoms with Gasteiger partial charge in [-0.25, -0.2) is 4.79 Å². The summed E-state index contributed by atoms with van der Waals surface area (Å²) in [6.07, 6.45) is -9.09. The fraction of sp³-hybridized carbons (Fsp3) is 0.700. The first-order valence-corrected chi connectivity index (χ1v) is 5.76. The van der Waals surface area contributed by atoms with Gasteiger partial charge in [0.1, 0.15) is 24.4 Å². The van der Waals surface area contributed by atoms with Gasteiger partial charge in [0, 0.05) is 0 Å². The molecule has 2 amide bonds. The Morgan fingerprint density at radius 1 is 1.05 bits per heavy atom. The molecule has 0 unspecified atom stereocenters. The van der Waals surface area contributed by atoms with Crippen molar-refractivity contribution in [2.75, 3.05) is 6.61 Å². The zero-order chi connectivity index (χ0) is 16.7. The lowest BCUT2D eigenvalue weighted by Gasteiger charge is -2.25. The molecule has 0 aliphatic heterocycles. The lowest BCUT2D eigenvalue weighted by atomic mass is 10.0. The molecule has 0 aromatic rings. The van der Waals surface area contributed by atoms with Crippen LogP contribution in [0.5, 0.6) is 0 Å². The molecule has 21 heavy (non-hydrogen) atoms. The maximum atomic E-state index is 11.5. The number of hydrogen-bond donors (Lipinski definition) is 8. The Balaban J connectivity index is 4.75. The molecule has 5 atom stereocenters. The Bertz CT molecular complexity index is 389. The average molecular weight is 310 g/mol. The Morgan fingerprint density at radius 3 is 1.95 bits per heavy atom. The molecule has 0 fully saturated rings. The van der Waals surface area contributed by atoms with Gasteiger partial charge in [-0.1, -0.05) is 0 Å². The van der Waals surface area contributed by atoms with Gasteiger partial charge >= 0.3 is 5.97 Å². The molecule has 9 N–H and O–H groups in total. The van der Waals surface area contributed by atoms with Crippen LogP contribution in [0.1, 0.15) is 6.42 Å². The van der Waals surface area contributed by atoms with E-state index >= 15 is 0 Å². The maximum Gasteiger partial charge on any atom is 0.326 e. The largest absolute Gasteiger partial charge is 0.480 e. The first-order valence-electron chi connectivity index (χ1n) is 5.76. The van der Waals surface area contributed by atoms with E-state index < -0.39 is 61.3 Å². The van der Waals surface area contributed by atoms with Crippen LogP contribution in [0.15, 0.2) is 0 Å². The SMILES string of the molecule is NC(=O)C[C@H](NC(=O)[C@H](O)[C@@H](O)[C@H](O)[C@H](O)CO)C(=O)O. The summed E-state index contributed by atoms with van der Waals surface area (Å²) in [5.74, 6) is -4.02. The van der Waals surface area contributed by atoms with Crippen LogP contribution < -0.4 is 11.1 Å². The lowest BCUT2D eigenvalue weighted by Crippen LogP contribution is -2.54. The van der Waals surface area contributed by atoms with Crippen molar-refractivity contribution in [3.05, 3.63) is 0 Å². The van der Waals surface area contributed by atoms with Crippen molar-refractivity contribution >= 4 is 17.8 Å². The lowest BCUT2D eigenvalue weighted by molar-refractivity contribution is -0.153. The number of carbonyl (C=O) groups excluding carboxylic acids is 2. The molecule has 0 saturated carbocycles. The normalized spacial score (nSPS) is 18.1. The second kappa shape index (κ2) is 8.49. The molecule has 0 aromatic carbocycles. The highest BCUT2D eigenvalue weighted by Gasteiger charge is 2.35. The van der Waals surface area contributed by atoms with Gasteiger partial charge in [0.05, 0.1) is 13.0 Å². The number of nitrogens with two attached hydrogens (primary N) is 1. The van der Waals surface area contributed by atoms with Crippen molar-refractivity contribution in [1.29, 1.82) is 0 Å². The van der Waals surface area contributed by atoms with Gasteiger partial charge in [0.25, 0.3) is 5.91 Å². The second-order valence-corrected chi connectivity index (χ2v) is 4.25. The van der Waals surface area contributed by atoms with Crippen molar-refractivity contribution in [3.63, 3.8) is 0 Å². The number of carboxylic acid groups (broad SMARTS) is 1. The highest BCUT2D eigenvalue weighted by molar-refractivity contribution is 5.89. The average Bonchev–Trinajstić information content (AvgIpc) is 2.42. The first kappa shape index (κ1) is 19.2. The molecule has 0 aliphatic rings. The van der Waals surface area contributed by atoms with Gasteiger partial charge in [-0.15, -0.1) is 0 Å². The van der Waals surface area contributed by atoms with E-state index in [2.05, 4.69) is 0 Å². The number of carbonyl (C=O) groups is 3. The van der Waals surface area contributed by atoms with Crippen molar-refractivity contribution < 1.29 is 45.0 Å². The van der Waals surface area contributed by atoms with Crippen LogP contribution in [-0.4, -0.2) is 85.5 Å².